The molecule has 0 bridgehead atoms. The summed E-state index contributed by atoms with van der Waals surface area (Å²) in [6, 6.07) is 0.333. The van der Waals surface area contributed by atoms with E-state index in [4.69, 9.17) is 0 Å². The Morgan fingerprint density at radius 3 is 2.13 bits per heavy atom. The van der Waals surface area contributed by atoms with E-state index in [0.29, 0.717) is 19.0 Å². The van der Waals surface area contributed by atoms with Crippen molar-refractivity contribution < 1.29 is 13.5 Å². The first-order chi connectivity index (χ1) is 6.72. The molecular weight excluding hydrogens is 214 g/mol. The molecular formula is C10H23NO3S. The van der Waals surface area contributed by atoms with Crippen LogP contribution in [0.15, 0.2) is 0 Å². The Labute approximate surface area is 93.2 Å². The normalized spacial score (nSPS) is 14.9. The van der Waals surface area contributed by atoms with E-state index in [9.17, 15) is 13.5 Å². The fourth-order valence-corrected chi connectivity index (χ4v) is 2.08. The van der Waals surface area contributed by atoms with E-state index in [1.54, 1.807) is 6.92 Å². The van der Waals surface area contributed by atoms with Crippen LogP contribution in [0.5, 0.6) is 0 Å². The second-order valence-corrected chi connectivity index (χ2v) is 6.68. The van der Waals surface area contributed by atoms with Gasteiger partial charge in [-0.3, -0.25) is 4.90 Å². The van der Waals surface area contributed by atoms with Gasteiger partial charge in [0.05, 0.1) is 11.9 Å². The smallest absolute Gasteiger partial charge is 0.147 e. The molecule has 0 saturated carbocycles. The van der Waals surface area contributed by atoms with Gasteiger partial charge in [-0.25, -0.2) is 8.42 Å². The zero-order valence-electron chi connectivity index (χ0n) is 10.1. The number of hydrogen-bond acceptors (Lipinski definition) is 4. The standard InChI is InChI=1S/C10H23NO3S/c1-9(2)11(8-10(3)12)6-5-7-15(4,13)14/h9-10,12H,5-8H2,1-4H3. The summed E-state index contributed by atoms with van der Waals surface area (Å²) in [5.41, 5.74) is 0. The van der Waals surface area contributed by atoms with Crippen LogP contribution in [0.2, 0.25) is 0 Å². The molecule has 0 heterocycles. The Morgan fingerprint density at radius 1 is 1.27 bits per heavy atom. The highest BCUT2D eigenvalue weighted by atomic mass is 32.2. The maximum Gasteiger partial charge on any atom is 0.147 e. The first-order valence-corrected chi connectivity index (χ1v) is 7.38. The molecule has 1 N–H and O–H groups in total. The minimum Gasteiger partial charge on any atom is -0.392 e. The van der Waals surface area contributed by atoms with Crippen molar-refractivity contribution in [3.63, 3.8) is 0 Å². The second kappa shape index (κ2) is 6.45. The molecule has 1 unspecified atom stereocenters. The summed E-state index contributed by atoms with van der Waals surface area (Å²) < 4.78 is 21.9. The predicted molar refractivity (Wildman–Crippen MR) is 62.7 cm³/mol. The fraction of sp³-hybridized carbons (Fsp3) is 1.00. The molecule has 0 aromatic carbocycles. The second-order valence-electron chi connectivity index (χ2n) is 4.42. The third kappa shape index (κ3) is 8.84. The van der Waals surface area contributed by atoms with Gasteiger partial charge in [0.1, 0.15) is 9.84 Å². The van der Waals surface area contributed by atoms with Crippen LogP contribution in [0.4, 0.5) is 0 Å². The molecule has 0 aliphatic carbocycles. The Hall–Kier alpha value is -0.130. The molecule has 0 spiro atoms. The Bertz CT molecular complexity index is 260. The van der Waals surface area contributed by atoms with E-state index in [1.165, 1.54) is 6.26 Å². The topological polar surface area (TPSA) is 57.6 Å². The summed E-state index contributed by atoms with van der Waals surface area (Å²) in [6.45, 7) is 7.15. The lowest BCUT2D eigenvalue weighted by atomic mass is 10.2. The molecule has 0 radical (unpaired) electrons. The zero-order chi connectivity index (χ0) is 12.1. The highest BCUT2D eigenvalue weighted by Gasteiger charge is 2.12. The van der Waals surface area contributed by atoms with E-state index in [2.05, 4.69) is 4.90 Å². The quantitative estimate of drug-likeness (QED) is 0.701. The molecule has 0 aromatic heterocycles. The molecule has 0 aliphatic rings. The Kier molecular flexibility index (Phi) is 6.40. The van der Waals surface area contributed by atoms with Gasteiger partial charge in [-0.15, -0.1) is 0 Å². The van der Waals surface area contributed by atoms with Crippen LogP contribution in [-0.2, 0) is 9.84 Å². The molecule has 15 heavy (non-hydrogen) atoms. The fourth-order valence-electron chi connectivity index (χ4n) is 1.43. The predicted octanol–water partition coefficient (Wildman–Crippen LogP) is 0.512. The molecule has 5 heteroatoms. The molecule has 4 nitrogen and oxygen atoms in total. The van der Waals surface area contributed by atoms with Crippen molar-refractivity contribution in [1.82, 2.24) is 4.90 Å². The summed E-state index contributed by atoms with van der Waals surface area (Å²) in [5.74, 6) is 0.218. The van der Waals surface area contributed by atoms with Crippen LogP contribution in [-0.4, -0.2) is 55.7 Å². The van der Waals surface area contributed by atoms with Gasteiger partial charge < -0.3 is 5.11 Å². The monoisotopic (exact) mass is 237 g/mol. The van der Waals surface area contributed by atoms with Crippen molar-refractivity contribution >= 4 is 9.84 Å². The van der Waals surface area contributed by atoms with Gasteiger partial charge in [0.25, 0.3) is 0 Å². The molecule has 1 atom stereocenters. The number of rotatable bonds is 7. The first-order valence-electron chi connectivity index (χ1n) is 5.32. The average Bonchev–Trinajstić information content (AvgIpc) is 1.99. The number of aliphatic hydroxyl groups excluding tert-OH is 1. The van der Waals surface area contributed by atoms with E-state index in [-0.39, 0.29) is 11.9 Å². The molecule has 0 aromatic rings. The third-order valence-electron chi connectivity index (χ3n) is 2.19. The number of aliphatic hydroxyl groups is 1. The van der Waals surface area contributed by atoms with Crippen LogP contribution in [0.3, 0.4) is 0 Å². The first kappa shape index (κ1) is 14.9. The van der Waals surface area contributed by atoms with E-state index in [0.717, 1.165) is 6.54 Å². The highest BCUT2D eigenvalue weighted by Crippen LogP contribution is 2.02. The molecule has 0 saturated heterocycles. The third-order valence-corrected chi connectivity index (χ3v) is 3.22. The van der Waals surface area contributed by atoms with Crippen LogP contribution in [0.1, 0.15) is 27.2 Å². The number of sulfone groups is 1. The van der Waals surface area contributed by atoms with Gasteiger partial charge in [0, 0.05) is 18.8 Å². The summed E-state index contributed by atoms with van der Waals surface area (Å²) in [6.07, 6.45) is 1.51. The number of nitrogens with zero attached hydrogens (tertiary/aromatic N) is 1. The summed E-state index contributed by atoms with van der Waals surface area (Å²) in [5, 5.41) is 9.27. The van der Waals surface area contributed by atoms with Crippen LogP contribution >= 0.6 is 0 Å². The number of hydrogen-bond donors (Lipinski definition) is 1. The highest BCUT2D eigenvalue weighted by molar-refractivity contribution is 7.90. The summed E-state index contributed by atoms with van der Waals surface area (Å²) in [4.78, 5) is 2.09. The van der Waals surface area contributed by atoms with Crippen LogP contribution in [0.25, 0.3) is 0 Å². The molecule has 92 valence electrons. The lowest BCUT2D eigenvalue weighted by Crippen LogP contribution is -2.37. The van der Waals surface area contributed by atoms with Gasteiger partial charge in [-0.1, -0.05) is 0 Å². The van der Waals surface area contributed by atoms with Gasteiger partial charge in [0.2, 0.25) is 0 Å². The van der Waals surface area contributed by atoms with Crippen molar-refractivity contribution in [1.29, 1.82) is 0 Å². The SMILES string of the molecule is CC(O)CN(CCCS(C)(=O)=O)C(C)C. The van der Waals surface area contributed by atoms with E-state index >= 15 is 0 Å². The van der Waals surface area contributed by atoms with Crippen molar-refractivity contribution in [2.24, 2.45) is 0 Å². The molecule has 0 aliphatic heterocycles. The zero-order valence-corrected chi connectivity index (χ0v) is 10.9. The van der Waals surface area contributed by atoms with Crippen molar-refractivity contribution in [2.45, 2.75) is 39.3 Å². The lowest BCUT2D eigenvalue weighted by molar-refractivity contribution is 0.108. The van der Waals surface area contributed by atoms with Crippen molar-refractivity contribution in [2.75, 3.05) is 25.1 Å². The van der Waals surface area contributed by atoms with Gasteiger partial charge >= 0.3 is 0 Å². The minimum atomic E-state index is -2.86. The van der Waals surface area contributed by atoms with Gasteiger partial charge in [-0.2, -0.15) is 0 Å². The average molecular weight is 237 g/mol. The van der Waals surface area contributed by atoms with Gasteiger partial charge in [0.15, 0.2) is 0 Å². The largest absolute Gasteiger partial charge is 0.392 e. The van der Waals surface area contributed by atoms with E-state index in [1.807, 2.05) is 13.8 Å². The molecule has 0 fully saturated rings. The van der Waals surface area contributed by atoms with Crippen LogP contribution < -0.4 is 0 Å². The van der Waals surface area contributed by atoms with Gasteiger partial charge in [-0.05, 0) is 33.7 Å². The Balaban J connectivity index is 3.97. The molecule has 0 rings (SSSR count). The maximum absolute atomic E-state index is 10.9. The van der Waals surface area contributed by atoms with Crippen molar-refractivity contribution in [3.8, 4) is 0 Å². The van der Waals surface area contributed by atoms with Crippen LogP contribution in [0, 0.1) is 0 Å². The maximum atomic E-state index is 10.9. The van der Waals surface area contributed by atoms with Crippen molar-refractivity contribution in [3.05, 3.63) is 0 Å². The van der Waals surface area contributed by atoms with E-state index < -0.39 is 9.84 Å². The minimum absolute atomic E-state index is 0.218. The summed E-state index contributed by atoms with van der Waals surface area (Å²) in [7, 11) is -2.86. The summed E-state index contributed by atoms with van der Waals surface area (Å²) >= 11 is 0. The molecule has 0 amide bonds. The lowest BCUT2D eigenvalue weighted by Gasteiger charge is -2.27. The Morgan fingerprint density at radius 2 is 1.80 bits per heavy atom.